The number of nitrogens with two attached hydrogens (primary N) is 2. The smallest absolute Gasteiger partial charge is 0.322 e. The van der Waals surface area contributed by atoms with E-state index in [9.17, 15) is 9.59 Å². The van der Waals surface area contributed by atoms with Crippen LogP contribution in [0.3, 0.4) is 0 Å². The molecule has 0 aliphatic heterocycles. The Labute approximate surface area is 81.8 Å². The van der Waals surface area contributed by atoms with E-state index in [4.69, 9.17) is 16.6 Å². The van der Waals surface area contributed by atoms with Crippen LogP contribution in [0.25, 0.3) is 0 Å². The van der Waals surface area contributed by atoms with E-state index in [1.807, 2.05) is 0 Å². The van der Waals surface area contributed by atoms with E-state index in [2.05, 4.69) is 10.6 Å². The first kappa shape index (κ1) is 12.7. The SMILES string of the molecule is NCCCNC(=O)NC[C@H](N)C(=O)O. The van der Waals surface area contributed by atoms with Gasteiger partial charge in [0.1, 0.15) is 6.04 Å². The summed E-state index contributed by atoms with van der Waals surface area (Å²) in [6.45, 7) is 0.864. The molecule has 0 saturated heterocycles. The molecule has 0 unspecified atom stereocenters. The van der Waals surface area contributed by atoms with Crippen molar-refractivity contribution in [1.82, 2.24) is 10.6 Å². The second kappa shape index (κ2) is 7.10. The topological polar surface area (TPSA) is 130 Å². The van der Waals surface area contributed by atoms with Gasteiger partial charge in [0, 0.05) is 13.1 Å². The van der Waals surface area contributed by atoms with Gasteiger partial charge in [-0.15, -0.1) is 0 Å². The zero-order valence-electron chi connectivity index (χ0n) is 7.82. The Kier molecular flexibility index (Phi) is 6.42. The molecule has 2 amide bonds. The number of carbonyl (C=O) groups is 2. The number of carboxylic acids is 1. The van der Waals surface area contributed by atoms with Crippen LogP contribution in [-0.4, -0.2) is 42.8 Å². The fourth-order valence-electron chi connectivity index (χ4n) is 0.656. The Morgan fingerprint density at radius 2 is 2.00 bits per heavy atom. The molecule has 0 heterocycles. The van der Waals surface area contributed by atoms with E-state index >= 15 is 0 Å². The van der Waals surface area contributed by atoms with Gasteiger partial charge in [-0.05, 0) is 13.0 Å². The average molecular weight is 204 g/mol. The highest BCUT2D eigenvalue weighted by Gasteiger charge is 2.11. The quantitative estimate of drug-likeness (QED) is 0.321. The van der Waals surface area contributed by atoms with Crippen LogP contribution >= 0.6 is 0 Å². The number of rotatable bonds is 6. The first-order valence-electron chi connectivity index (χ1n) is 4.28. The van der Waals surface area contributed by atoms with Crippen LogP contribution in [0, 0.1) is 0 Å². The number of carbonyl (C=O) groups excluding carboxylic acids is 1. The molecule has 0 saturated carbocycles. The number of hydrogen-bond donors (Lipinski definition) is 5. The van der Waals surface area contributed by atoms with Gasteiger partial charge in [0.25, 0.3) is 0 Å². The Morgan fingerprint density at radius 1 is 1.36 bits per heavy atom. The van der Waals surface area contributed by atoms with Gasteiger partial charge >= 0.3 is 12.0 Å². The molecule has 0 bridgehead atoms. The molecule has 7 nitrogen and oxygen atoms in total. The summed E-state index contributed by atoms with van der Waals surface area (Å²) < 4.78 is 0. The van der Waals surface area contributed by atoms with Crippen molar-refractivity contribution in [3.05, 3.63) is 0 Å². The summed E-state index contributed by atoms with van der Waals surface area (Å²) >= 11 is 0. The largest absolute Gasteiger partial charge is 0.480 e. The first-order valence-corrected chi connectivity index (χ1v) is 4.28. The minimum atomic E-state index is -1.15. The van der Waals surface area contributed by atoms with Crippen LogP contribution in [0.15, 0.2) is 0 Å². The van der Waals surface area contributed by atoms with Crippen LogP contribution in [0.4, 0.5) is 4.79 Å². The van der Waals surface area contributed by atoms with E-state index in [-0.39, 0.29) is 6.54 Å². The zero-order valence-corrected chi connectivity index (χ0v) is 7.82. The molecule has 0 aromatic heterocycles. The summed E-state index contributed by atoms with van der Waals surface area (Å²) in [5.74, 6) is -1.15. The standard InChI is InChI=1S/C7H16N4O3/c8-2-1-3-10-7(14)11-4-5(9)6(12)13/h5H,1-4,8-9H2,(H,12,13)(H2,10,11,14)/t5-/m0/s1. The minimum Gasteiger partial charge on any atom is -0.480 e. The molecule has 0 radical (unpaired) electrons. The number of carboxylic acid groups (broad SMARTS) is 1. The van der Waals surface area contributed by atoms with Crippen LogP contribution in [-0.2, 0) is 4.79 Å². The molecule has 7 heteroatoms. The molecule has 0 aromatic rings. The van der Waals surface area contributed by atoms with E-state index in [0.717, 1.165) is 0 Å². The predicted molar refractivity (Wildman–Crippen MR) is 50.7 cm³/mol. The summed E-state index contributed by atoms with van der Waals surface area (Å²) in [4.78, 5) is 21.2. The van der Waals surface area contributed by atoms with Crippen molar-refractivity contribution in [3.63, 3.8) is 0 Å². The van der Waals surface area contributed by atoms with Crippen molar-refractivity contribution < 1.29 is 14.7 Å². The van der Waals surface area contributed by atoms with E-state index in [1.165, 1.54) is 0 Å². The lowest BCUT2D eigenvalue weighted by molar-refractivity contribution is -0.138. The highest BCUT2D eigenvalue weighted by molar-refractivity contribution is 5.77. The Bertz CT molecular complexity index is 197. The maximum atomic E-state index is 10.9. The van der Waals surface area contributed by atoms with Gasteiger partial charge < -0.3 is 27.2 Å². The Balaban J connectivity index is 3.48. The molecular formula is C7H16N4O3. The fourth-order valence-corrected chi connectivity index (χ4v) is 0.656. The molecule has 1 atom stereocenters. The molecule has 14 heavy (non-hydrogen) atoms. The molecular weight excluding hydrogens is 188 g/mol. The summed E-state index contributed by atoms with van der Waals surface area (Å²) in [5.41, 5.74) is 10.4. The van der Waals surface area contributed by atoms with Gasteiger partial charge in [0.2, 0.25) is 0 Å². The van der Waals surface area contributed by atoms with Crippen molar-refractivity contribution in [2.75, 3.05) is 19.6 Å². The number of aliphatic carboxylic acids is 1. The highest BCUT2D eigenvalue weighted by atomic mass is 16.4. The lowest BCUT2D eigenvalue weighted by Gasteiger charge is -2.09. The minimum absolute atomic E-state index is 0.0935. The van der Waals surface area contributed by atoms with Gasteiger partial charge in [-0.25, -0.2) is 4.79 Å². The van der Waals surface area contributed by atoms with E-state index in [0.29, 0.717) is 19.5 Å². The Hall–Kier alpha value is -1.34. The maximum Gasteiger partial charge on any atom is 0.322 e. The summed E-state index contributed by atoms with van der Waals surface area (Å²) in [5, 5.41) is 13.2. The first-order chi connectivity index (χ1) is 6.57. The number of hydrogen-bond acceptors (Lipinski definition) is 4. The van der Waals surface area contributed by atoms with Crippen molar-refractivity contribution in [2.45, 2.75) is 12.5 Å². The van der Waals surface area contributed by atoms with Gasteiger partial charge in [0.05, 0.1) is 0 Å². The molecule has 7 N–H and O–H groups in total. The fraction of sp³-hybridized carbons (Fsp3) is 0.714. The van der Waals surface area contributed by atoms with Crippen molar-refractivity contribution in [2.24, 2.45) is 11.5 Å². The average Bonchev–Trinajstić information content (AvgIpc) is 2.14. The maximum absolute atomic E-state index is 10.9. The summed E-state index contributed by atoms with van der Waals surface area (Å²) in [6, 6.07) is -1.51. The molecule has 0 spiro atoms. The monoisotopic (exact) mass is 204 g/mol. The summed E-state index contributed by atoms with van der Waals surface area (Å²) in [7, 11) is 0. The highest BCUT2D eigenvalue weighted by Crippen LogP contribution is 1.76. The van der Waals surface area contributed by atoms with Crippen molar-refractivity contribution >= 4 is 12.0 Å². The number of amides is 2. The summed E-state index contributed by atoms with van der Waals surface area (Å²) in [6.07, 6.45) is 0.679. The molecule has 0 aliphatic rings. The third kappa shape index (κ3) is 6.21. The van der Waals surface area contributed by atoms with Crippen LogP contribution in [0.2, 0.25) is 0 Å². The molecule has 0 aromatic carbocycles. The van der Waals surface area contributed by atoms with Crippen LogP contribution in [0.5, 0.6) is 0 Å². The third-order valence-corrected chi connectivity index (χ3v) is 1.47. The van der Waals surface area contributed by atoms with Gasteiger partial charge in [0.15, 0.2) is 0 Å². The second-order valence-corrected chi connectivity index (χ2v) is 2.72. The molecule has 0 rings (SSSR count). The predicted octanol–water partition coefficient (Wildman–Crippen LogP) is -1.95. The molecule has 0 aliphatic carbocycles. The lowest BCUT2D eigenvalue weighted by atomic mass is 10.3. The van der Waals surface area contributed by atoms with E-state index in [1.54, 1.807) is 0 Å². The third-order valence-electron chi connectivity index (χ3n) is 1.47. The Morgan fingerprint density at radius 3 is 2.50 bits per heavy atom. The van der Waals surface area contributed by atoms with E-state index < -0.39 is 18.0 Å². The van der Waals surface area contributed by atoms with Gasteiger partial charge in [-0.3, -0.25) is 4.79 Å². The van der Waals surface area contributed by atoms with Crippen LogP contribution in [0.1, 0.15) is 6.42 Å². The lowest BCUT2D eigenvalue weighted by Crippen LogP contribution is -2.46. The van der Waals surface area contributed by atoms with Gasteiger partial charge in [-0.1, -0.05) is 0 Å². The van der Waals surface area contributed by atoms with Gasteiger partial charge in [-0.2, -0.15) is 0 Å². The van der Waals surface area contributed by atoms with Crippen molar-refractivity contribution in [1.29, 1.82) is 0 Å². The van der Waals surface area contributed by atoms with Crippen molar-refractivity contribution in [3.8, 4) is 0 Å². The molecule has 0 fully saturated rings. The number of nitrogens with one attached hydrogen (secondary N) is 2. The van der Waals surface area contributed by atoms with Crippen LogP contribution < -0.4 is 22.1 Å². The number of urea groups is 1. The normalized spacial score (nSPS) is 11.9. The molecule has 82 valence electrons. The zero-order chi connectivity index (χ0) is 11.0. The second-order valence-electron chi connectivity index (χ2n) is 2.72.